The smallest absolute Gasteiger partial charge is 0.251 e. The molecule has 2 N–H and O–H groups in total. The van der Waals surface area contributed by atoms with E-state index in [-0.39, 0.29) is 5.56 Å². The number of fused-ring (bicyclic) bond motifs is 5. The van der Waals surface area contributed by atoms with Crippen LogP contribution < -0.4 is 10.9 Å². The number of hydrogen-bond donors (Lipinski definition) is 2. The standard InChI is InChI=1S/C22H26N2O/c25-22-19-8-4-3-7-18(19)20-12-15-11-14(9-10-17(15)21(20)24-22)13-23-16-5-1-2-6-16/h9-11,16,23H,1-8,12-13H2,(H,24,25). The highest BCUT2D eigenvalue weighted by atomic mass is 16.1. The van der Waals surface area contributed by atoms with Gasteiger partial charge in [0.05, 0.1) is 5.69 Å². The zero-order valence-electron chi connectivity index (χ0n) is 14.8. The summed E-state index contributed by atoms with van der Waals surface area (Å²) < 4.78 is 0. The molecule has 0 bridgehead atoms. The summed E-state index contributed by atoms with van der Waals surface area (Å²) >= 11 is 0. The van der Waals surface area contributed by atoms with Crippen molar-refractivity contribution < 1.29 is 0 Å². The number of nitrogens with one attached hydrogen (secondary N) is 2. The Morgan fingerprint density at radius 3 is 2.64 bits per heavy atom. The highest BCUT2D eigenvalue weighted by Gasteiger charge is 2.27. The third-order valence-corrected chi connectivity index (χ3v) is 6.40. The van der Waals surface area contributed by atoms with Gasteiger partial charge >= 0.3 is 0 Å². The average molecular weight is 334 g/mol. The number of aromatic amines is 1. The van der Waals surface area contributed by atoms with Crippen molar-refractivity contribution in [1.29, 1.82) is 0 Å². The molecule has 1 fully saturated rings. The fourth-order valence-electron chi connectivity index (χ4n) is 5.06. The van der Waals surface area contributed by atoms with Crippen LogP contribution in [0.25, 0.3) is 11.3 Å². The van der Waals surface area contributed by atoms with E-state index in [1.54, 1.807) is 0 Å². The summed E-state index contributed by atoms with van der Waals surface area (Å²) in [6, 6.07) is 7.50. The minimum atomic E-state index is 0.147. The van der Waals surface area contributed by atoms with Crippen LogP contribution in [0, 0.1) is 0 Å². The number of H-pyrrole nitrogens is 1. The first-order valence-corrected chi connectivity index (χ1v) is 9.92. The van der Waals surface area contributed by atoms with Gasteiger partial charge in [0.15, 0.2) is 0 Å². The summed E-state index contributed by atoms with van der Waals surface area (Å²) in [6.45, 7) is 0.961. The van der Waals surface area contributed by atoms with Crippen molar-refractivity contribution in [2.75, 3.05) is 0 Å². The Morgan fingerprint density at radius 1 is 1.00 bits per heavy atom. The van der Waals surface area contributed by atoms with Crippen molar-refractivity contribution >= 4 is 0 Å². The summed E-state index contributed by atoms with van der Waals surface area (Å²) in [4.78, 5) is 15.7. The molecule has 25 heavy (non-hydrogen) atoms. The Balaban J connectivity index is 1.45. The largest absolute Gasteiger partial charge is 0.321 e. The monoisotopic (exact) mass is 334 g/mol. The lowest BCUT2D eigenvalue weighted by Crippen LogP contribution is -2.25. The number of hydrogen-bond acceptors (Lipinski definition) is 2. The fourth-order valence-corrected chi connectivity index (χ4v) is 5.06. The molecule has 5 rings (SSSR count). The molecule has 0 saturated heterocycles. The highest BCUT2D eigenvalue weighted by molar-refractivity contribution is 5.75. The van der Waals surface area contributed by atoms with Crippen molar-refractivity contribution in [3.63, 3.8) is 0 Å². The lowest BCUT2D eigenvalue weighted by molar-refractivity contribution is 0.524. The van der Waals surface area contributed by atoms with Crippen LogP contribution in [0.5, 0.6) is 0 Å². The molecule has 3 heteroatoms. The number of benzene rings is 1. The molecule has 1 heterocycles. The van der Waals surface area contributed by atoms with Crippen LogP contribution >= 0.6 is 0 Å². The zero-order chi connectivity index (χ0) is 16.8. The zero-order valence-corrected chi connectivity index (χ0v) is 14.8. The molecule has 2 aromatic rings. The second-order valence-corrected chi connectivity index (χ2v) is 8.00. The first-order chi connectivity index (χ1) is 12.3. The van der Waals surface area contributed by atoms with Crippen LogP contribution in [0.15, 0.2) is 23.0 Å². The topological polar surface area (TPSA) is 44.9 Å². The Bertz CT molecular complexity index is 874. The van der Waals surface area contributed by atoms with Crippen molar-refractivity contribution in [2.24, 2.45) is 0 Å². The summed E-state index contributed by atoms with van der Waals surface area (Å²) in [6.07, 6.45) is 10.8. The maximum atomic E-state index is 12.5. The number of aromatic nitrogens is 1. The molecule has 0 radical (unpaired) electrons. The molecule has 3 nitrogen and oxygen atoms in total. The van der Waals surface area contributed by atoms with Crippen molar-refractivity contribution in [3.8, 4) is 11.3 Å². The maximum absolute atomic E-state index is 12.5. The normalized spacial score (nSPS) is 18.9. The quantitative estimate of drug-likeness (QED) is 0.764. The van der Waals surface area contributed by atoms with E-state index in [1.807, 2.05) is 0 Å². The van der Waals surface area contributed by atoms with Crippen LogP contribution in [0.4, 0.5) is 0 Å². The van der Waals surface area contributed by atoms with Crippen LogP contribution in [0.3, 0.4) is 0 Å². The summed E-state index contributed by atoms with van der Waals surface area (Å²) in [7, 11) is 0. The molecule has 0 atom stereocenters. The van der Waals surface area contributed by atoms with Gasteiger partial charge in [-0.3, -0.25) is 4.79 Å². The van der Waals surface area contributed by atoms with Gasteiger partial charge < -0.3 is 10.3 Å². The molecular formula is C22H26N2O. The predicted molar refractivity (Wildman–Crippen MR) is 101 cm³/mol. The van der Waals surface area contributed by atoms with Gasteiger partial charge in [0.25, 0.3) is 5.56 Å². The Hall–Kier alpha value is -1.87. The van der Waals surface area contributed by atoms with E-state index in [2.05, 4.69) is 28.5 Å². The van der Waals surface area contributed by atoms with E-state index in [0.29, 0.717) is 6.04 Å². The molecule has 1 saturated carbocycles. The van der Waals surface area contributed by atoms with E-state index < -0.39 is 0 Å². The molecule has 130 valence electrons. The lowest BCUT2D eigenvalue weighted by atomic mass is 9.88. The van der Waals surface area contributed by atoms with Crippen LogP contribution in [0.1, 0.15) is 66.3 Å². The van der Waals surface area contributed by atoms with Gasteiger partial charge in [-0.15, -0.1) is 0 Å². The van der Waals surface area contributed by atoms with Crippen molar-refractivity contribution in [2.45, 2.75) is 70.4 Å². The van der Waals surface area contributed by atoms with Gasteiger partial charge in [0.1, 0.15) is 0 Å². The van der Waals surface area contributed by atoms with Gasteiger partial charge in [-0.1, -0.05) is 31.0 Å². The second-order valence-electron chi connectivity index (χ2n) is 8.00. The first-order valence-electron chi connectivity index (χ1n) is 9.92. The number of rotatable bonds is 3. The predicted octanol–water partition coefficient (Wildman–Crippen LogP) is 3.86. The van der Waals surface area contributed by atoms with Gasteiger partial charge in [0, 0.05) is 30.1 Å². The Kier molecular flexibility index (Phi) is 3.78. The van der Waals surface area contributed by atoms with Gasteiger partial charge in [-0.25, -0.2) is 0 Å². The van der Waals surface area contributed by atoms with Crippen molar-refractivity contribution in [3.05, 3.63) is 56.4 Å². The Morgan fingerprint density at radius 2 is 1.80 bits per heavy atom. The van der Waals surface area contributed by atoms with Crippen LogP contribution in [-0.4, -0.2) is 11.0 Å². The van der Waals surface area contributed by atoms with Gasteiger partial charge in [-0.2, -0.15) is 0 Å². The molecule has 0 aliphatic heterocycles. The lowest BCUT2D eigenvalue weighted by Gasteiger charge is -2.18. The molecular weight excluding hydrogens is 308 g/mol. The summed E-state index contributed by atoms with van der Waals surface area (Å²) in [5.74, 6) is 0. The minimum Gasteiger partial charge on any atom is -0.321 e. The first kappa shape index (κ1) is 15.4. The summed E-state index contributed by atoms with van der Waals surface area (Å²) in [5.41, 5.74) is 9.04. The van der Waals surface area contributed by atoms with E-state index in [1.165, 1.54) is 59.9 Å². The minimum absolute atomic E-state index is 0.147. The third-order valence-electron chi connectivity index (χ3n) is 6.40. The molecule has 3 aliphatic carbocycles. The third kappa shape index (κ3) is 2.65. The van der Waals surface area contributed by atoms with Gasteiger partial charge in [-0.05, 0) is 60.8 Å². The van der Waals surface area contributed by atoms with Crippen LogP contribution in [0.2, 0.25) is 0 Å². The highest BCUT2D eigenvalue weighted by Crippen LogP contribution is 2.39. The SMILES string of the molecule is O=c1[nH]c2c(c3c1CCCC3)Cc1cc(CNC3CCCC3)ccc1-2. The molecule has 0 amide bonds. The van der Waals surface area contributed by atoms with Gasteiger partial charge in [0.2, 0.25) is 0 Å². The van der Waals surface area contributed by atoms with Crippen LogP contribution in [-0.2, 0) is 25.8 Å². The molecule has 0 spiro atoms. The Labute approximate surface area is 148 Å². The molecule has 1 aromatic heterocycles. The second kappa shape index (κ2) is 6.14. The molecule has 0 unspecified atom stereocenters. The van der Waals surface area contributed by atoms with E-state index in [0.717, 1.165) is 43.5 Å². The maximum Gasteiger partial charge on any atom is 0.251 e. The average Bonchev–Trinajstić information content (AvgIpc) is 3.28. The van der Waals surface area contributed by atoms with E-state index in [9.17, 15) is 4.79 Å². The fraction of sp³-hybridized carbons (Fsp3) is 0.500. The molecule has 1 aromatic carbocycles. The number of pyridine rings is 1. The molecule has 3 aliphatic rings. The van der Waals surface area contributed by atoms with E-state index >= 15 is 0 Å². The van der Waals surface area contributed by atoms with Crippen molar-refractivity contribution in [1.82, 2.24) is 10.3 Å². The van der Waals surface area contributed by atoms with E-state index in [4.69, 9.17) is 0 Å². The summed E-state index contributed by atoms with van der Waals surface area (Å²) in [5, 5.41) is 3.71.